The lowest BCUT2D eigenvalue weighted by Crippen LogP contribution is -2.38. The molecule has 1 aromatic rings. The van der Waals surface area contributed by atoms with Crippen LogP contribution in [0.15, 0.2) is 29.3 Å². The largest absolute Gasteiger partial charge is 0.324 e. The van der Waals surface area contributed by atoms with Crippen LogP contribution in [0.1, 0.15) is 18.4 Å². The zero-order chi connectivity index (χ0) is 19.0. The third kappa shape index (κ3) is 3.32. The lowest BCUT2D eigenvalue weighted by molar-refractivity contribution is -0.384. The van der Waals surface area contributed by atoms with Crippen LogP contribution in [-0.2, 0) is 14.4 Å². The second-order valence-corrected chi connectivity index (χ2v) is 6.86. The molecule has 0 saturated carbocycles. The number of hydrogen-bond donors (Lipinski definition) is 1. The molecule has 0 spiro atoms. The lowest BCUT2D eigenvalue weighted by Gasteiger charge is -2.17. The van der Waals surface area contributed by atoms with E-state index in [9.17, 15) is 24.5 Å². The Balaban J connectivity index is 1.71. The fourth-order valence-electron chi connectivity index (χ4n) is 3.24. The summed E-state index contributed by atoms with van der Waals surface area (Å²) in [4.78, 5) is 48.4. The molecule has 26 heavy (non-hydrogen) atoms. The average Bonchev–Trinajstić information content (AvgIpc) is 2.81. The quantitative estimate of drug-likeness (QED) is 0.492. The second kappa shape index (κ2) is 6.87. The number of halogens is 1. The van der Waals surface area contributed by atoms with E-state index >= 15 is 0 Å². The molecule has 8 nitrogen and oxygen atoms in total. The van der Waals surface area contributed by atoms with E-state index in [1.807, 2.05) is 0 Å². The molecule has 3 rings (SSSR count). The normalized spacial score (nSPS) is 22.1. The Labute approximate surface area is 153 Å². The molecule has 2 unspecified atom stereocenters. The van der Waals surface area contributed by atoms with E-state index in [0.29, 0.717) is 23.4 Å². The number of likely N-dealkylation sites (tertiary alicyclic amines) is 1. The third-order valence-electron chi connectivity index (χ3n) is 4.67. The van der Waals surface area contributed by atoms with Gasteiger partial charge in [0.05, 0.1) is 22.4 Å². The van der Waals surface area contributed by atoms with Crippen LogP contribution in [0.5, 0.6) is 0 Å². The summed E-state index contributed by atoms with van der Waals surface area (Å²) in [5.41, 5.74) is 0.740. The van der Waals surface area contributed by atoms with Crippen LogP contribution in [0, 0.1) is 28.9 Å². The van der Waals surface area contributed by atoms with Crippen molar-refractivity contribution in [1.82, 2.24) is 4.90 Å². The number of allylic oxidation sites excluding steroid dienone is 2. The summed E-state index contributed by atoms with van der Waals surface area (Å²) < 4.78 is 0. The number of nitrogens with one attached hydrogen (secondary N) is 1. The molecule has 1 saturated heterocycles. The van der Waals surface area contributed by atoms with Gasteiger partial charge in [-0.3, -0.25) is 29.4 Å². The van der Waals surface area contributed by atoms with E-state index in [2.05, 4.69) is 5.32 Å². The molecular weight excluding hydrogens is 362 g/mol. The molecule has 2 atom stereocenters. The van der Waals surface area contributed by atoms with Gasteiger partial charge in [-0.15, -0.1) is 0 Å². The summed E-state index contributed by atoms with van der Waals surface area (Å²) in [6, 6.07) is 4.09. The van der Waals surface area contributed by atoms with Gasteiger partial charge in [0.15, 0.2) is 0 Å². The van der Waals surface area contributed by atoms with Crippen LogP contribution in [0.4, 0.5) is 11.4 Å². The highest BCUT2D eigenvalue weighted by Gasteiger charge is 2.48. The van der Waals surface area contributed by atoms with Crippen LogP contribution >= 0.6 is 11.6 Å². The smallest absolute Gasteiger partial charge is 0.271 e. The van der Waals surface area contributed by atoms with Gasteiger partial charge in [0.25, 0.3) is 5.69 Å². The van der Waals surface area contributed by atoms with Gasteiger partial charge in [-0.25, -0.2) is 0 Å². The molecule has 1 fully saturated rings. The van der Waals surface area contributed by atoms with Crippen molar-refractivity contribution in [2.45, 2.75) is 19.8 Å². The first kappa shape index (κ1) is 18.1. The predicted octanol–water partition coefficient (Wildman–Crippen LogP) is 2.36. The molecule has 0 aromatic heterocycles. The standard InChI is InChI=1S/C17H16ClN3O5/c1-9-2-4-11(21(25)26)7-14(9)19-15(22)8-20-16(23)12-5-3-10(18)6-13(12)17(20)24/h2-4,7,12-13H,5-6,8H2,1H3,(H,19,22). The lowest BCUT2D eigenvalue weighted by atomic mass is 9.85. The van der Waals surface area contributed by atoms with E-state index in [1.54, 1.807) is 13.0 Å². The van der Waals surface area contributed by atoms with Crippen molar-refractivity contribution in [1.29, 1.82) is 0 Å². The first-order chi connectivity index (χ1) is 12.3. The zero-order valence-electron chi connectivity index (χ0n) is 13.9. The second-order valence-electron chi connectivity index (χ2n) is 6.37. The molecule has 2 aliphatic rings. The van der Waals surface area contributed by atoms with Gasteiger partial charge in [-0.1, -0.05) is 23.7 Å². The Kier molecular flexibility index (Phi) is 4.78. The number of carbonyl (C=O) groups is 3. The van der Waals surface area contributed by atoms with E-state index in [4.69, 9.17) is 11.6 Å². The molecule has 1 aromatic carbocycles. The molecule has 136 valence electrons. The van der Waals surface area contributed by atoms with Crippen LogP contribution < -0.4 is 5.32 Å². The number of fused-ring (bicyclic) bond motifs is 1. The van der Waals surface area contributed by atoms with Crippen LogP contribution in [-0.4, -0.2) is 34.1 Å². The zero-order valence-corrected chi connectivity index (χ0v) is 14.7. The number of amides is 3. The minimum absolute atomic E-state index is 0.161. The maximum absolute atomic E-state index is 12.4. The minimum Gasteiger partial charge on any atom is -0.324 e. The van der Waals surface area contributed by atoms with Crippen LogP contribution in [0.2, 0.25) is 0 Å². The summed E-state index contributed by atoms with van der Waals surface area (Å²) in [5.74, 6) is -2.37. The fourth-order valence-corrected chi connectivity index (χ4v) is 3.50. The minimum atomic E-state index is -0.590. The van der Waals surface area contributed by atoms with E-state index in [-0.39, 0.29) is 17.3 Å². The summed E-state index contributed by atoms with van der Waals surface area (Å²) in [5, 5.41) is 13.9. The number of nitro groups is 1. The number of carbonyl (C=O) groups excluding carboxylic acids is 3. The van der Waals surface area contributed by atoms with E-state index < -0.39 is 35.1 Å². The van der Waals surface area contributed by atoms with Gasteiger partial charge in [-0.2, -0.15) is 0 Å². The fraction of sp³-hybridized carbons (Fsp3) is 0.353. The molecule has 1 N–H and O–H groups in total. The highest BCUT2D eigenvalue weighted by molar-refractivity contribution is 6.30. The number of imide groups is 1. The number of rotatable bonds is 4. The molecular formula is C17H16ClN3O5. The molecule has 0 bridgehead atoms. The average molecular weight is 378 g/mol. The van der Waals surface area contributed by atoms with Gasteiger partial charge in [0, 0.05) is 17.2 Å². The molecule has 1 aliphatic carbocycles. The maximum Gasteiger partial charge on any atom is 0.271 e. The number of nitrogens with zero attached hydrogens (tertiary/aromatic N) is 2. The van der Waals surface area contributed by atoms with Crippen molar-refractivity contribution in [3.05, 3.63) is 45.0 Å². The SMILES string of the molecule is Cc1ccc([N+](=O)[O-])cc1NC(=O)CN1C(=O)C2CC=C(Cl)CC2C1=O. The Morgan fingerprint density at radius 2 is 2.04 bits per heavy atom. The number of benzene rings is 1. The monoisotopic (exact) mass is 377 g/mol. The highest BCUT2D eigenvalue weighted by Crippen LogP contribution is 2.38. The Morgan fingerprint density at radius 1 is 1.35 bits per heavy atom. The summed E-state index contributed by atoms with van der Waals surface area (Å²) in [7, 11) is 0. The molecule has 1 aliphatic heterocycles. The van der Waals surface area contributed by atoms with Gasteiger partial charge in [0.2, 0.25) is 17.7 Å². The maximum atomic E-state index is 12.4. The summed E-state index contributed by atoms with van der Waals surface area (Å²) in [6.07, 6.45) is 2.42. The van der Waals surface area contributed by atoms with Crippen molar-refractivity contribution in [2.24, 2.45) is 11.8 Å². The van der Waals surface area contributed by atoms with Crippen molar-refractivity contribution < 1.29 is 19.3 Å². The molecule has 3 amide bonds. The number of non-ortho nitro benzene ring substituents is 1. The van der Waals surface area contributed by atoms with Crippen LogP contribution in [0.25, 0.3) is 0 Å². The summed E-state index contributed by atoms with van der Waals surface area (Å²) in [6.45, 7) is 1.26. The first-order valence-corrected chi connectivity index (χ1v) is 8.40. The number of anilines is 1. The van der Waals surface area contributed by atoms with Gasteiger partial charge >= 0.3 is 0 Å². The summed E-state index contributed by atoms with van der Waals surface area (Å²) >= 11 is 5.96. The topological polar surface area (TPSA) is 110 Å². The van der Waals surface area contributed by atoms with E-state index in [1.165, 1.54) is 18.2 Å². The van der Waals surface area contributed by atoms with Gasteiger partial charge in [0.1, 0.15) is 6.54 Å². The van der Waals surface area contributed by atoms with Crippen molar-refractivity contribution >= 4 is 40.7 Å². The van der Waals surface area contributed by atoms with Crippen LogP contribution in [0.3, 0.4) is 0 Å². The van der Waals surface area contributed by atoms with Crippen molar-refractivity contribution in [2.75, 3.05) is 11.9 Å². The van der Waals surface area contributed by atoms with Gasteiger partial charge < -0.3 is 5.32 Å². The Morgan fingerprint density at radius 3 is 2.73 bits per heavy atom. The molecule has 9 heteroatoms. The van der Waals surface area contributed by atoms with Crippen molar-refractivity contribution in [3.63, 3.8) is 0 Å². The number of aryl methyl sites for hydroxylation is 1. The van der Waals surface area contributed by atoms with Gasteiger partial charge in [-0.05, 0) is 25.3 Å². The predicted molar refractivity (Wildman–Crippen MR) is 93.3 cm³/mol. The first-order valence-electron chi connectivity index (χ1n) is 8.02. The number of nitro benzene ring substituents is 1. The van der Waals surface area contributed by atoms with Crippen molar-refractivity contribution in [3.8, 4) is 0 Å². The molecule has 0 radical (unpaired) electrons. The Hall–Kier alpha value is -2.74. The van der Waals surface area contributed by atoms with E-state index in [0.717, 1.165) is 4.90 Å². The Bertz CT molecular complexity index is 851. The number of hydrogen-bond acceptors (Lipinski definition) is 5. The highest BCUT2D eigenvalue weighted by atomic mass is 35.5. The third-order valence-corrected chi connectivity index (χ3v) is 4.98. The molecule has 1 heterocycles.